The summed E-state index contributed by atoms with van der Waals surface area (Å²) in [4.78, 5) is 34.7. The van der Waals surface area contributed by atoms with E-state index in [-0.39, 0.29) is 5.75 Å². The molecule has 0 aliphatic rings. The Hall–Kier alpha value is -3.61. The van der Waals surface area contributed by atoms with E-state index in [1.165, 1.54) is 18.2 Å². The van der Waals surface area contributed by atoms with Crippen LogP contribution in [0.25, 0.3) is 0 Å². The summed E-state index contributed by atoms with van der Waals surface area (Å²) in [5.41, 5.74) is 0.988. The van der Waals surface area contributed by atoms with Crippen LogP contribution in [0.15, 0.2) is 66.7 Å². The number of hydrogen-bond acceptors (Lipinski definition) is 5. The molecule has 0 saturated heterocycles. The van der Waals surface area contributed by atoms with Gasteiger partial charge in [-0.2, -0.15) is 0 Å². The largest absolute Gasteiger partial charge is 0.508 e. The highest BCUT2D eigenvalue weighted by atomic mass is 16.6. The van der Waals surface area contributed by atoms with Crippen LogP contribution in [-0.2, 0) is 9.53 Å². The molecule has 0 aromatic heterocycles. The lowest BCUT2D eigenvalue weighted by Crippen LogP contribution is -2.32. The van der Waals surface area contributed by atoms with Crippen LogP contribution < -0.4 is 5.32 Å². The molecule has 2 amide bonds. The fraction of sp³-hybridized carbons (Fsp3) is 0.190. The number of imide groups is 1. The van der Waals surface area contributed by atoms with Crippen molar-refractivity contribution in [2.24, 2.45) is 0 Å². The van der Waals surface area contributed by atoms with Crippen LogP contribution in [0, 0.1) is 0 Å². The molecule has 7 heteroatoms. The van der Waals surface area contributed by atoms with E-state index in [0.717, 1.165) is 6.08 Å². The summed E-state index contributed by atoms with van der Waals surface area (Å²) in [5.74, 6) is -1.51. The van der Waals surface area contributed by atoms with Crippen molar-refractivity contribution in [3.63, 3.8) is 0 Å². The molecular formula is C21H21NO6. The fourth-order valence-corrected chi connectivity index (χ4v) is 2.50. The van der Waals surface area contributed by atoms with Crippen LogP contribution in [0.3, 0.4) is 0 Å². The Morgan fingerprint density at radius 1 is 1.04 bits per heavy atom. The first kappa shape index (κ1) is 20.7. The number of rotatable bonds is 8. The summed E-state index contributed by atoms with van der Waals surface area (Å²) in [5, 5.41) is 20.2. The van der Waals surface area contributed by atoms with Crippen LogP contribution in [0.1, 0.15) is 41.3 Å². The van der Waals surface area contributed by atoms with Crippen molar-refractivity contribution in [2.45, 2.75) is 25.4 Å². The summed E-state index contributed by atoms with van der Waals surface area (Å²) in [7, 11) is 0. The normalized spacial score (nSPS) is 11.7. The van der Waals surface area contributed by atoms with Gasteiger partial charge in [0.05, 0.1) is 0 Å². The molecule has 0 unspecified atom stereocenters. The first-order valence-electron chi connectivity index (χ1n) is 8.71. The number of amides is 2. The van der Waals surface area contributed by atoms with Gasteiger partial charge in [-0.15, -0.1) is 0 Å². The standard InChI is InChI=1S/C21H21NO6/c23-17-13-11-15(12-14-17)18(9-5-2-6-10-19(24)25)28-21(27)22-20(26)16-7-3-1-4-8-16/h1,3-4,6-8,10-14,18,23H,2,5,9H2,(H,24,25)(H,22,26,27)/b10-6+/t18-/m1/s1. The van der Waals surface area contributed by atoms with Gasteiger partial charge in [-0.05, 0) is 49.1 Å². The van der Waals surface area contributed by atoms with Gasteiger partial charge in [-0.1, -0.05) is 36.4 Å². The third kappa shape index (κ3) is 6.95. The van der Waals surface area contributed by atoms with E-state index in [4.69, 9.17) is 9.84 Å². The van der Waals surface area contributed by atoms with E-state index < -0.39 is 24.1 Å². The van der Waals surface area contributed by atoms with Crippen LogP contribution in [0.2, 0.25) is 0 Å². The van der Waals surface area contributed by atoms with Gasteiger partial charge < -0.3 is 14.9 Å². The van der Waals surface area contributed by atoms with Crippen LogP contribution in [0.4, 0.5) is 4.79 Å². The van der Waals surface area contributed by atoms with Gasteiger partial charge in [0.2, 0.25) is 0 Å². The monoisotopic (exact) mass is 383 g/mol. The van der Waals surface area contributed by atoms with E-state index in [1.54, 1.807) is 42.5 Å². The first-order valence-corrected chi connectivity index (χ1v) is 8.71. The third-order valence-electron chi connectivity index (χ3n) is 3.86. The number of hydrogen-bond donors (Lipinski definition) is 3. The molecule has 146 valence electrons. The molecule has 3 N–H and O–H groups in total. The molecule has 0 aliphatic heterocycles. The number of carbonyl (C=O) groups excluding carboxylic acids is 2. The van der Waals surface area contributed by atoms with Gasteiger partial charge in [-0.25, -0.2) is 9.59 Å². The lowest BCUT2D eigenvalue weighted by Gasteiger charge is -2.18. The summed E-state index contributed by atoms with van der Waals surface area (Å²) in [6.45, 7) is 0. The number of nitrogens with one attached hydrogen (secondary N) is 1. The molecule has 0 radical (unpaired) electrons. The maximum Gasteiger partial charge on any atom is 0.414 e. The minimum absolute atomic E-state index is 0.0793. The number of unbranched alkanes of at least 4 members (excludes halogenated alkanes) is 1. The molecule has 2 aromatic rings. The van der Waals surface area contributed by atoms with Crippen LogP contribution in [-0.4, -0.2) is 28.2 Å². The molecule has 0 heterocycles. The second kappa shape index (κ2) is 10.5. The number of aromatic hydroxyl groups is 1. The summed E-state index contributed by atoms with van der Waals surface area (Å²) in [6, 6.07) is 14.5. The van der Waals surface area contributed by atoms with Crippen molar-refractivity contribution in [3.8, 4) is 5.75 Å². The van der Waals surface area contributed by atoms with Gasteiger partial charge >= 0.3 is 12.1 Å². The zero-order valence-corrected chi connectivity index (χ0v) is 15.1. The predicted octanol–water partition coefficient (Wildman–Crippen LogP) is 3.81. The molecule has 28 heavy (non-hydrogen) atoms. The minimum atomic E-state index is -1.02. The van der Waals surface area contributed by atoms with Gasteiger partial charge in [0.25, 0.3) is 5.91 Å². The van der Waals surface area contributed by atoms with E-state index in [2.05, 4.69) is 5.32 Å². The van der Waals surface area contributed by atoms with Crippen molar-refractivity contribution in [2.75, 3.05) is 0 Å². The van der Waals surface area contributed by atoms with Crippen molar-refractivity contribution in [1.29, 1.82) is 0 Å². The highest BCUT2D eigenvalue weighted by Gasteiger charge is 2.19. The summed E-state index contributed by atoms with van der Waals surface area (Å²) < 4.78 is 5.40. The predicted molar refractivity (Wildman–Crippen MR) is 102 cm³/mol. The lowest BCUT2D eigenvalue weighted by molar-refractivity contribution is -0.131. The highest BCUT2D eigenvalue weighted by Crippen LogP contribution is 2.25. The van der Waals surface area contributed by atoms with Gasteiger partial charge in [0.1, 0.15) is 11.9 Å². The fourth-order valence-electron chi connectivity index (χ4n) is 2.50. The number of carboxylic acids is 1. The van der Waals surface area contributed by atoms with Crippen LogP contribution in [0.5, 0.6) is 5.75 Å². The topological polar surface area (TPSA) is 113 Å². The number of phenolic OH excluding ortho intramolecular Hbond substituents is 1. The Labute approximate surface area is 162 Å². The Morgan fingerprint density at radius 2 is 1.71 bits per heavy atom. The number of allylic oxidation sites excluding steroid dienone is 1. The van der Waals surface area contributed by atoms with Crippen molar-refractivity contribution in [3.05, 3.63) is 77.9 Å². The maximum atomic E-state index is 12.2. The average molecular weight is 383 g/mol. The quantitative estimate of drug-likeness (QED) is 0.472. The molecule has 1 atom stereocenters. The number of alkyl carbamates (subject to hydrolysis) is 1. The SMILES string of the molecule is O=C(O)/C=C/CCC[C@@H](OC(=O)NC(=O)c1ccccc1)c1ccc(O)cc1. The van der Waals surface area contributed by atoms with E-state index in [9.17, 15) is 19.5 Å². The first-order chi connectivity index (χ1) is 13.5. The van der Waals surface area contributed by atoms with Gasteiger partial charge in [0, 0.05) is 11.6 Å². The molecule has 2 rings (SSSR count). The molecule has 0 saturated carbocycles. The molecule has 0 bridgehead atoms. The lowest BCUT2D eigenvalue weighted by atomic mass is 10.0. The Morgan fingerprint density at radius 3 is 2.36 bits per heavy atom. The van der Waals surface area contributed by atoms with Crippen molar-refractivity contribution >= 4 is 18.0 Å². The molecule has 7 nitrogen and oxygen atoms in total. The molecule has 0 fully saturated rings. The molecule has 0 spiro atoms. The third-order valence-corrected chi connectivity index (χ3v) is 3.86. The van der Waals surface area contributed by atoms with E-state index in [0.29, 0.717) is 30.4 Å². The summed E-state index contributed by atoms with van der Waals surface area (Å²) >= 11 is 0. The van der Waals surface area contributed by atoms with Gasteiger partial charge in [0.15, 0.2) is 0 Å². The highest BCUT2D eigenvalue weighted by molar-refractivity contribution is 6.02. The van der Waals surface area contributed by atoms with Crippen molar-refractivity contribution < 1.29 is 29.3 Å². The minimum Gasteiger partial charge on any atom is -0.508 e. The molecule has 2 aromatic carbocycles. The van der Waals surface area contributed by atoms with E-state index in [1.807, 2.05) is 0 Å². The number of ether oxygens (including phenoxy) is 1. The Bertz CT molecular complexity index is 830. The van der Waals surface area contributed by atoms with Gasteiger partial charge in [-0.3, -0.25) is 10.1 Å². The second-order valence-corrected chi connectivity index (χ2v) is 5.98. The number of benzene rings is 2. The zero-order valence-electron chi connectivity index (χ0n) is 15.1. The van der Waals surface area contributed by atoms with Crippen LogP contribution >= 0.6 is 0 Å². The summed E-state index contributed by atoms with van der Waals surface area (Å²) in [6.07, 6.45) is 2.53. The Balaban J connectivity index is 1.99. The smallest absolute Gasteiger partial charge is 0.414 e. The average Bonchev–Trinajstić information content (AvgIpc) is 2.68. The molecular weight excluding hydrogens is 362 g/mol. The number of carbonyl (C=O) groups is 3. The van der Waals surface area contributed by atoms with Crippen molar-refractivity contribution in [1.82, 2.24) is 5.32 Å². The maximum absolute atomic E-state index is 12.2. The Kier molecular flexibility index (Phi) is 7.77. The second-order valence-electron chi connectivity index (χ2n) is 5.98. The molecule has 0 aliphatic carbocycles. The number of phenols is 1. The van der Waals surface area contributed by atoms with E-state index >= 15 is 0 Å². The number of carboxylic acid groups (broad SMARTS) is 1. The number of aliphatic carboxylic acids is 1. The zero-order chi connectivity index (χ0) is 20.4.